The lowest BCUT2D eigenvalue weighted by atomic mass is 10.1. The van der Waals surface area contributed by atoms with Crippen LogP contribution in [0.2, 0.25) is 0 Å². The maximum Gasteiger partial charge on any atom is 0.255 e. The Balaban J connectivity index is 1.58. The third kappa shape index (κ3) is 4.17. The average Bonchev–Trinajstić information content (AvgIpc) is 3.13. The molecule has 0 atom stereocenters. The molecule has 0 saturated heterocycles. The fourth-order valence-corrected chi connectivity index (χ4v) is 2.46. The van der Waals surface area contributed by atoms with Crippen molar-refractivity contribution in [1.82, 2.24) is 14.9 Å². The lowest BCUT2D eigenvalue weighted by Crippen LogP contribution is -2.22. The van der Waals surface area contributed by atoms with Gasteiger partial charge in [-0.05, 0) is 23.3 Å². The number of amides is 1. The van der Waals surface area contributed by atoms with E-state index in [1.54, 1.807) is 18.6 Å². The van der Waals surface area contributed by atoms with E-state index in [9.17, 15) is 9.90 Å². The van der Waals surface area contributed by atoms with E-state index < -0.39 is 0 Å². The van der Waals surface area contributed by atoms with Crippen molar-refractivity contribution in [2.24, 2.45) is 0 Å². The van der Waals surface area contributed by atoms with Crippen LogP contribution in [0.15, 0.2) is 61.2 Å². The van der Waals surface area contributed by atoms with Crippen LogP contribution in [0.5, 0.6) is 11.5 Å². The Kier molecular flexibility index (Phi) is 4.99. The molecule has 2 N–H and O–H groups in total. The van der Waals surface area contributed by atoms with Crippen molar-refractivity contribution in [2.45, 2.75) is 13.1 Å². The Labute approximate surface area is 145 Å². The van der Waals surface area contributed by atoms with Crippen LogP contribution in [0.1, 0.15) is 21.5 Å². The first-order valence-electron chi connectivity index (χ1n) is 7.84. The van der Waals surface area contributed by atoms with Gasteiger partial charge < -0.3 is 19.7 Å². The number of aromatic nitrogens is 2. The van der Waals surface area contributed by atoms with E-state index in [1.165, 1.54) is 19.2 Å². The number of phenolic OH excluding ortho intramolecular Hbond substituents is 1. The number of methoxy groups -OCH3 is 1. The zero-order valence-electron chi connectivity index (χ0n) is 13.8. The standard InChI is InChI=1S/C19H19N3O3/c1-25-16-6-7-17(18(23)10-16)19(24)21-11-14-2-4-15(5-3-14)12-22-9-8-20-13-22/h2-10,13,23H,11-12H2,1H3,(H,21,24). The summed E-state index contributed by atoms with van der Waals surface area (Å²) in [5.41, 5.74) is 2.36. The van der Waals surface area contributed by atoms with E-state index in [4.69, 9.17) is 4.74 Å². The predicted octanol–water partition coefficient (Wildman–Crippen LogP) is 2.58. The lowest BCUT2D eigenvalue weighted by Gasteiger charge is -2.09. The molecule has 1 heterocycles. The van der Waals surface area contributed by atoms with Gasteiger partial charge in [0.25, 0.3) is 5.91 Å². The van der Waals surface area contributed by atoms with Crippen LogP contribution in [0.3, 0.4) is 0 Å². The van der Waals surface area contributed by atoms with Gasteiger partial charge >= 0.3 is 0 Å². The quantitative estimate of drug-likeness (QED) is 0.725. The van der Waals surface area contributed by atoms with Crippen LogP contribution >= 0.6 is 0 Å². The Morgan fingerprint density at radius 3 is 2.60 bits per heavy atom. The van der Waals surface area contributed by atoms with Crippen LogP contribution in [-0.4, -0.2) is 27.7 Å². The molecule has 2 aromatic carbocycles. The number of ether oxygens (including phenoxy) is 1. The Bertz CT molecular complexity index is 843. The summed E-state index contributed by atoms with van der Waals surface area (Å²) in [5.74, 6) is 0.0673. The van der Waals surface area contributed by atoms with Crippen LogP contribution in [0.25, 0.3) is 0 Å². The molecule has 3 aromatic rings. The summed E-state index contributed by atoms with van der Waals surface area (Å²) in [7, 11) is 1.50. The van der Waals surface area contributed by atoms with E-state index in [2.05, 4.69) is 10.3 Å². The summed E-state index contributed by atoms with van der Waals surface area (Å²) in [5, 5.41) is 12.7. The molecule has 3 rings (SSSR count). The molecule has 0 fully saturated rings. The van der Waals surface area contributed by atoms with Gasteiger partial charge in [-0.15, -0.1) is 0 Å². The molecule has 0 aliphatic rings. The average molecular weight is 337 g/mol. The van der Waals surface area contributed by atoms with E-state index >= 15 is 0 Å². The maximum atomic E-state index is 12.2. The molecule has 0 aliphatic heterocycles. The van der Waals surface area contributed by atoms with Crippen LogP contribution in [0.4, 0.5) is 0 Å². The lowest BCUT2D eigenvalue weighted by molar-refractivity contribution is 0.0948. The number of phenols is 1. The minimum Gasteiger partial charge on any atom is -0.507 e. The SMILES string of the molecule is COc1ccc(C(=O)NCc2ccc(Cn3ccnc3)cc2)c(O)c1. The van der Waals surface area contributed by atoms with Gasteiger partial charge in [0.1, 0.15) is 11.5 Å². The highest BCUT2D eigenvalue weighted by Crippen LogP contribution is 2.23. The Hall–Kier alpha value is -3.28. The number of hydrogen-bond donors (Lipinski definition) is 2. The molecule has 0 spiro atoms. The van der Waals surface area contributed by atoms with Crippen molar-refractivity contribution >= 4 is 5.91 Å². The summed E-state index contributed by atoms with van der Waals surface area (Å²) in [6.45, 7) is 1.14. The van der Waals surface area contributed by atoms with Crippen LogP contribution in [0, 0.1) is 0 Å². The topological polar surface area (TPSA) is 76.4 Å². The smallest absolute Gasteiger partial charge is 0.255 e. The molecule has 0 radical (unpaired) electrons. The van der Waals surface area contributed by atoms with Gasteiger partial charge in [0, 0.05) is 31.5 Å². The van der Waals surface area contributed by atoms with Gasteiger partial charge in [-0.1, -0.05) is 24.3 Å². The monoisotopic (exact) mass is 337 g/mol. The number of rotatable bonds is 6. The fraction of sp³-hybridized carbons (Fsp3) is 0.158. The third-order valence-corrected chi connectivity index (χ3v) is 3.85. The van der Waals surface area contributed by atoms with E-state index in [-0.39, 0.29) is 17.2 Å². The number of aromatic hydroxyl groups is 1. The molecular formula is C19H19N3O3. The van der Waals surface area contributed by atoms with E-state index in [0.29, 0.717) is 12.3 Å². The number of hydrogen-bond acceptors (Lipinski definition) is 4. The van der Waals surface area contributed by atoms with Gasteiger partial charge in [-0.2, -0.15) is 0 Å². The first-order chi connectivity index (χ1) is 12.2. The number of carbonyl (C=O) groups is 1. The van der Waals surface area contributed by atoms with E-state index in [0.717, 1.165) is 17.7 Å². The number of nitrogens with one attached hydrogen (secondary N) is 1. The molecule has 0 saturated carbocycles. The number of benzene rings is 2. The first-order valence-corrected chi connectivity index (χ1v) is 7.84. The predicted molar refractivity (Wildman–Crippen MR) is 93.6 cm³/mol. The highest BCUT2D eigenvalue weighted by atomic mass is 16.5. The summed E-state index contributed by atoms with van der Waals surface area (Å²) in [4.78, 5) is 16.2. The second kappa shape index (κ2) is 7.53. The normalized spacial score (nSPS) is 10.4. The van der Waals surface area contributed by atoms with Gasteiger partial charge in [0.15, 0.2) is 0 Å². The molecule has 0 aliphatic carbocycles. The second-order valence-corrected chi connectivity index (χ2v) is 5.62. The Morgan fingerprint density at radius 2 is 1.96 bits per heavy atom. The van der Waals surface area contributed by atoms with Gasteiger partial charge in [-0.3, -0.25) is 4.79 Å². The van der Waals surface area contributed by atoms with Crippen molar-refractivity contribution in [3.8, 4) is 11.5 Å². The highest BCUT2D eigenvalue weighted by molar-refractivity contribution is 5.96. The minimum atomic E-state index is -0.331. The van der Waals surface area contributed by atoms with Crippen LogP contribution < -0.4 is 10.1 Å². The van der Waals surface area contributed by atoms with Crippen LogP contribution in [-0.2, 0) is 13.1 Å². The summed E-state index contributed by atoms with van der Waals surface area (Å²) < 4.78 is 7.00. The first kappa shape index (κ1) is 16.6. The largest absolute Gasteiger partial charge is 0.507 e. The zero-order chi connectivity index (χ0) is 17.6. The van der Waals surface area contributed by atoms with Crippen molar-refractivity contribution < 1.29 is 14.6 Å². The summed E-state index contributed by atoms with van der Waals surface area (Å²) in [6, 6.07) is 12.6. The van der Waals surface area contributed by atoms with Crippen molar-refractivity contribution in [1.29, 1.82) is 0 Å². The van der Waals surface area contributed by atoms with Gasteiger partial charge in [-0.25, -0.2) is 4.98 Å². The zero-order valence-corrected chi connectivity index (χ0v) is 13.8. The van der Waals surface area contributed by atoms with Crippen molar-refractivity contribution in [3.63, 3.8) is 0 Å². The molecule has 1 aromatic heterocycles. The molecule has 128 valence electrons. The maximum absolute atomic E-state index is 12.2. The van der Waals surface area contributed by atoms with Gasteiger partial charge in [0.2, 0.25) is 0 Å². The molecule has 0 unspecified atom stereocenters. The molecule has 25 heavy (non-hydrogen) atoms. The van der Waals surface area contributed by atoms with Crippen molar-refractivity contribution in [3.05, 3.63) is 77.9 Å². The number of nitrogens with zero attached hydrogens (tertiary/aromatic N) is 2. The highest BCUT2D eigenvalue weighted by Gasteiger charge is 2.11. The summed E-state index contributed by atoms with van der Waals surface area (Å²) in [6.07, 6.45) is 5.43. The number of carbonyl (C=O) groups excluding carboxylic acids is 1. The Morgan fingerprint density at radius 1 is 1.20 bits per heavy atom. The summed E-state index contributed by atoms with van der Waals surface area (Å²) >= 11 is 0. The molecule has 6 heteroatoms. The molecule has 0 bridgehead atoms. The molecule has 6 nitrogen and oxygen atoms in total. The van der Waals surface area contributed by atoms with Gasteiger partial charge in [0.05, 0.1) is 19.0 Å². The van der Waals surface area contributed by atoms with Crippen molar-refractivity contribution in [2.75, 3.05) is 7.11 Å². The third-order valence-electron chi connectivity index (χ3n) is 3.85. The fourth-order valence-electron chi connectivity index (χ4n) is 2.46. The minimum absolute atomic E-state index is 0.104. The molecular weight excluding hydrogens is 318 g/mol. The second-order valence-electron chi connectivity index (χ2n) is 5.62. The number of imidazole rings is 1. The molecule has 1 amide bonds. The van der Waals surface area contributed by atoms with E-state index in [1.807, 2.05) is 35.0 Å².